The van der Waals surface area contributed by atoms with Gasteiger partial charge >= 0.3 is 0 Å². The third-order valence-electron chi connectivity index (χ3n) is 4.77. The average Bonchev–Trinajstić information content (AvgIpc) is 2.82. The van der Waals surface area contributed by atoms with Crippen LogP contribution in [0.4, 0.5) is 0 Å². The van der Waals surface area contributed by atoms with Gasteiger partial charge in [-0.25, -0.2) is 0 Å². The number of amides is 2. The largest absolute Gasteiger partial charge is 0.342 e. The first kappa shape index (κ1) is 19.2. The molecule has 6 heteroatoms. The zero-order valence-electron chi connectivity index (χ0n) is 13.8. The number of carbonyl (C=O) groups is 2. The Hall–Kier alpha value is -0.810. The van der Waals surface area contributed by atoms with E-state index >= 15 is 0 Å². The first-order chi connectivity index (χ1) is 10.1. The summed E-state index contributed by atoms with van der Waals surface area (Å²) in [5, 5.41) is 3.33. The summed E-state index contributed by atoms with van der Waals surface area (Å²) in [5.74, 6) is 0.541. The normalized spacial score (nSPS) is 24.2. The fourth-order valence-electron chi connectivity index (χ4n) is 3.19. The Morgan fingerprint density at radius 3 is 2.59 bits per heavy atom. The zero-order valence-corrected chi connectivity index (χ0v) is 14.7. The third-order valence-corrected chi connectivity index (χ3v) is 4.77. The lowest BCUT2D eigenvalue weighted by molar-refractivity contribution is -0.142. The molecule has 0 radical (unpaired) electrons. The van der Waals surface area contributed by atoms with Gasteiger partial charge in [0, 0.05) is 38.6 Å². The summed E-state index contributed by atoms with van der Waals surface area (Å²) in [6, 6.07) is 0. The Balaban J connectivity index is 0.00000242. The van der Waals surface area contributed by atoms with Crippen molar-refractivity contribution in [3.63, 3.8) is 0 Å². The number of rotatable bonds is 3. The highest BCUT2D eigenvalue weighted by atomic mass is 35.5. The van der Waals surface area contributed by atoms with E-state index in [0.717, 1.165) is 58.4 Å². The maximum absolute atomic E-state index is 12.7. The van der Waals surface area contributed by atoms with Crippen molar-refractivity contribution in [3.8, 4) is 0 Å². The van der Waals surface area contributed by atoms with Crippen molar-refractivity contribution in [1.29, 1.82) is 0 Å². The van der Waals surface area contributed by atoms with Gasteiger partial charge in [0.05, 0.1) is 5.92 Å². The highest BCUT2D eigenvalue weighted by Crippen LogP contribution is 2.21. The number of carbonyl (C=O) groups excluding carboxylic acids is 2. The van der Waals surface area contributed by atoms with E-state index in [2.05, 4.69) is 5.32 Å². The van der Waals surface area contributed by atoms with Crippen molar-refractivity contribution in [2.24, 2.45) is 11.8 Å². The number of halogens is 1. The standard InChI is InChI=1S/C16H29N3O2.ClH/c1-3-13(2)15(20)19-9-4-6-14(12-19)16(21)18-10-5-7-17-8-11-18;/h13-14,17H,3-12H2,1-2H3;1H. The topological polar surface area (TPSA) is 52.7 Å². The summed E-state index contributed by atoms with van der Waals surface area (Å²) in [5.41, 5.74) is 0. The molecule has 2 atom stereocenters. The summed E-state index contributed by atoms with van der Waals surface area (Å²) in [4.78, 5) is 28.9. The summed E-state index contributed by atoms with van der Waals surface area (Å²) < 4.78 is 0. The number of hydrogen-bond acceptors (Lipinski definition) is 3. The molecule has 0 spiro atoms. The van der Waals surface area contributed by atoms with Crippen LogP contribution in [0.15, 0.2) is 0 Å². The van der Waals surface area contributed by atoms with Crippen LogP contribution in [-0.4, -0.2) is 60.9 Å². The highest BCUT2D eigenvalue weighted by Gasteiger charge is 2.32. The Labute approximate surface area is 140 Å². The molecule has 2 heterocycles. The van der Waals surface area contributed by atoms with Crippen LogP contribution < -0.4 is 5.32 Å². The van der Waals surface area contributed by atoms with Gasteiger partial charge in [-0.15, -0.1) is 12.4 Å². The van der Waals surface area contributed by atoms with Crippen LogP contribution in [0, 0.1) is 11.8 Å². The molecular weight excluding hydrogens is 302 g/mol. The Kier molecular flexibility index (Phi) is 8.18. The maximum atomic E-state index is 12.7. The molecule has 0 bridgehead atoms. The summed E-state index contributed by atoms with van der Waals surface area (Å²) in [6.45, 7) is 8.98. The molecular formula is C16H30ClN3O2. The zero-order chi connectivity index (χ0) is 15.2. The van der Waals surface area contributed by atoms with Crippen molar-refractivity contribution in [3.05, 3.63) is 0 Å². The van der Waals surface area contributed by atoms with E-state index in [1.165, 1.54) is 0 Å². The molecule has 0 aliphatic carbocycles. The SMILES string of the molecule is CCC(C)C(=O)N1CCCC(C(=O)N2CCCNCC2)C1.Cl. The molecule has 2 amide bonds. The smallest absolute Gasteiger partial charge is 0.227 e. The van der Waals surface area contributed by atoms with Crippen LogP contribution in [0.2, 0.25) is 0 Å². The van der Waals surface area contributed by atoms with Crippen LogP contribution in [-0.2, 0) is 9.59 Å². The number of hydrogen-bond donors (Lipinski definition) is 1. The van der Waals surface area contributed by atoms with Gasteiger partial charge in [0.2, 0.25) is 11.8 Å². The van der Waals surface area contributed by atoms with Gasteiger partial charge in [-0.1, -0.05) is 13.8 Å². The van der Waals surface area contributed by atoms with Gasteiger partial charge in [-0.2, -0.15) is 0 Å². The minimum atomic E-state index is 0. The summed E-state index contributed by atoms with van der Waals surface area (Å²) >= 11 is 0. The molecule has 0 saturated carbocycles. The molecule has 0 aromatic carbocycles. The highest BCUT2D eigenvalue weighted by molar-refractivity contribution is 5.85. The van der Waals surface area contributed by atoms with E-state index in [9.17, 15) is 9.59 Å². The molecule has 2 unspecified atom stereocenters. The summed E-state index contributed by atoms with van der Waals surface area (Å²) in [6.07, 6.45) is 3.76. The minimum absolute atomic E-state index is 0. The maximum Gasteiger partial charge on any atom is 0.227 e. The van der Waals surface area contributed by atoms with Crippen molar-refractivity contribution < 1.29 is 9.59 Å². The molecule has 2 saturated heterocycles. The fourth-order valence-corrected chi connectivity index (χ4v) is 3.19. The van der Waals surface area contributed by atoms with Gasteiger partial charge < -0.3 is 15.1 Å². The number of likely N-dealkylation sites (tertiary alicyclic amines) is 1. The first-order valence-electron chi connectivity index (χ1n) is 8.41. The van der Waals surface area contributed by atoms with Crippen LogP contribution >= 0.6 is 12.4 Å². The number of piperidine rings is 1. The van der Waals surface area contributed by atoms with Crippen molar-refractivity contribution in [2.45, 2.75) is 39.5 Å². The number of nitrogens with zero attached hydrogens (tertiary/aromatic N) is 2. The molecule has 1 N–H and O–H groups in total. The quantitative estimate of drug-likeness (QED) is 0.853. The molecule has 2 fully saturated rings. The van der Waals surface area contributed by atoms with E-state index in [1.807, 2.05) is 23.6 Å². The average molecular weight is 332 g/mol. The van der Waals surface area contributed by atoms with Crippen LogP contribution in [0.3, 0.4) is 0 Å². The van der Waals surface area contributed by atoms with Crippen LogP contribution in [0.5, 0.6) is 0 Å². The Morgan fingerprint density at radius 2 is 1.86 bits per heavy atom. The lowest BCUT2D eigenvalue weighted by Crippen LogP contribution is -2.48. The second-order valence-electron chi connectivity index (χ2n) is 6.36. The molecule has 5 nitrogen and oxygen atoms in total. The number of nitrogens with one attached hydrogen (secondary N) is 1. The Bertz CT molecular complexity index is 370. The second-order valence-corrected chi connectivity index (χ2v) is 6.36. The second kappa shape index (κ2) is 9.36. The molecule has 22 heavy (non-hydrogen) atoms. The summed E-state index contributed by atoms with van der Waals surface area (Å²) in [7, 11) is 0. The third kappa shape index (κ3) is 4.85. The molecule has 2 aliphatic heterocycles. The molecule has 0 aromatic rings. The van der Waals surface area contributed by atoms with Gasteiger partial charge in [0.25, 0.3) is 0 Å². The van der Waals surface area contributed by atoms with Gasteiger partial charge in [0.15, 0.2) is 0 Å². The van der Waals surface area contributed by atoms with Crippen LogP contribution in [0.1, 0.15) is 39.5 Å². The van der Waals surface area contributed by atoms with E-state index < -0.39 is 0 Å². The van der Waals surface area contributed by atoms with E-state index in [1.54, 1.807) is 0 Å². The fraction of sp³-hybridized carbons (Fsp3) is 0.875. The predicted molar refractivity (Wildman–Crippen MR) is 90.1 cm³/mol. The van der Waals surface area contributed by atoms with Crippen molar-refractivity contribution in [1.82, 2.24) is 15.1 Å². The van der Waals surface area contributed by atoms with Gasteiger partial charge in [-0.3, -0.25) is 9.59 Å². The molecule has 2 rings (SSSR count). The van der Waals surface area contributed by atoms with Crippen molar-refractivity contribution >= 4 is 24.2 Å². The van der Waals surface area contributed by atoms with Gasteiger partial charge in [0.1, 0.15) is 0 Å². The van der Waals surface area contributed by atoms with E-state index in [4.69, 9.17) is 0 Å². The Morgan fingerprint density at radius 1 is 1.14 bits per heavy atom. The molecule has 128 valence electrons. The van der Waals surface area contributed by atoms with E-state index in [-0.39, 0.29) is 36.1 Å². The minimum Gasteiger partial charge on any atom is -0.342 e. The predicted octanol–water partition coefficient (Wildman–Crippen LogP) is 1.51. The lowest BCUT2D eigenvalue weighted by atomic mass is 9.95. The molecule has 2 aliphatic rings. The first-order valence-corrected chi connectivity index (χ1v) is 8.41. The lowest BCUT2D eigenvalue weighted by Gasteiger charge is -2.35. The van der Waals surface area contributed by atoms with Crippen LogP contribution in [0.25, 0.3) is 0 Å². The molecule has 0 aromatic heterocycles. The van der Waals surface area contributed by atoms with Crippen molar-refractivity contribution in [2.75, 3.05) is 39.3 Å². The van der Waals surface area contributed by atoms with Gasteiger partial charge in [-0.05, 0) is 32.2 Å². The monoisotopic (exact) mass is 331 g/mol. The van der Waals surface area contributed by atoms with E-state index in [0.29, 0.717) is 6.54 Å².